The number of nitrogens with one attached hydrogen (secondary N) is 1. The van der Waals surface area contributed by atoms with Gasteiger partial charge in [0.25, 0.3) is 0 Å². The molecule has 5 fully saturated rings. The first kappa shape index (κ1) is 21.3. The first-order valence-electron chi connectivity index (χ1n) is 12.1. The average molecular weight is 443 g/mol. The fourth-order valence-electron chi connectivity index (χ4n) is 8.20. The van der Waals surface area contributed by atoms with Gasteiger partial charge in [-0.1, -0.05) is 42.5 Å². The summed E-state index contributed by atoms with van der Waals surface area (Å²) in [6, 6.07) is 12.1. The van der Waals surface area contributed by atoms with Crippen molar-refractivity contribution < 1.29 is 0 Å². The Balaban J connectivity index is 1.35. The number of hydrogen-bond acceptors (Lipinski definition) is 3. The van der Waals surface area contributed by atoms with E-state index in [2.05, 4.69) is 53.7 Å². The van der Waals surface area contributed by atoms with E-state index in [-0.39, 0.29) is 0 Å². The molecule has 4 bridgehead atoms. The quantitative estimate of drug-likeness (QED) is 0.567. The van der Waals surface area contributed by atoms with Gasteiger partial charge in [-0.2, -0.15) is 11.8 Å². The van der Waals surface area contributed by atoms with Crippen molar-refractivity contribution in [1.29, 1.82) is 0 Å². The van der Waals surface area contributed by atoms with Crippen molar-refractivity contribution in [2.75, 3.05) is 18.6 Å². The minimum absolute atomic E-state index is 0.397. The second-order valence-electron chi connectivity index (χ2n) is 11.1. The maximum Gasteiger partial charge on any atom is 0.0792 e. The molecule has 0 aromatic heterocycles. The SMILES string of the molecule is CSCC12CC3CC(c4ccccc4)(CC(C1)C3C(=S)N[C@H]1CC[C@H](CN)CC1)C2. The van der Waals surface area contributed by atoms with Crippen molar-refractivity contribution in [2.24, 2.45) is 34.8 Å². The lowest BCUT2D eigenvalue weighted by Crippen LogP contribution is -2.61. The molecule has 30 heavy (non-hydrogen) atoms. The van der Waals surface area contributed by atoms with Gasteiger partial charge in [-0.25, -0.2) is 0 Å². The predicted octanol–water partition coefficient (Wildman–Crippen LogP) is 5.55. The molecule has 0 spiro atoms. The molecule has 5 aliphatic rings. The van der Waals surface area contributed by atoms with Crippen LogP contribution >= 0.6 is 24.0 Å². The Morgan fingerprint density at radius 2 is 1.73 bits per heavy atom. The maximum absolute atomic E-state index is 6.13. The zero-order valence-electron chi connectivity index (χ0n) is 18.4. The molecule has 5 aliphatic carbocycles. The van der Waals surface area contributed by atoms with Crippen LogP contribution in [0.2, 0.25) is 0 Å². The highest BCUT2D eigenvalue weighted by Gasteiger charge is 2.62. The van der Waals surface area contributed by atoms with Gasteiger partial charge >= 0.3 is 0 Å². The molecule has 0 heterocycles. The molecule has 164 valence electrons. The lowest BCUT2D eigenvalue weighted by atomic mass is 9.40. The summed E-state index contributed by atoms with van der Waals surface area (Å²) in [6.07, 6.45) is 14.2. The molecule has 2 atom stereocenters. The third kappa shape index (κ3) is 3.75. The molecule has 2 nitrogen and oxygen atoms in total. The van der Waals surface area contributed by atoms with Crippen LogP contribution in [0.25, 0.3) is 0 Å². The van der Waals surface area contributed by atoms with Crippen molar-refractivity contribution in [2.45, 2.75) is 69.2 Å². The zero-order valence-corrected chi connectivity index (χ0v) is 20.1. The van der Waals surface area contributed by atoms with E-state index >= 15 is 0 Å². The van der Waals surface area contributed by atoms with Gasteiger partial charge in [-0.3, -0.25) is 0 Å². The number of benzene rings is 1. The van der Waals surface area contributed by atoms with Crippen molar-refractivity contribution >= 4 is 29.0 Å². The molecule has 0 saturated heterocycles. The lowest BCUT2D eigenvalue weighted by molar-refractivity contribution is -0.0803. The highest BCUT2D eigenvalue weighted by molar-refractivity contribution is 7.98. The van der Waals surface area contributed by atoms with Gasteiger partial charge in [-0.15, -0.1) is 0 Å². The molecule has 1 aromatic carbocycles. The molecule has 5 saturated carbocycles. The summed E-state index contributed by atoms with van der Waals surface area (Å²) in [7, 11) is 0. The van der Waals surface area contributed by atoms with E-state index < -0.39 is 0 Å². The van der Waals surface area contributed by atoms with Gasteiger partial charge in [0.05, 0.1) is 4.99 Å². The third-order valence-electron chi connectivity index (χ3n) is 9.09. The molecule has 6 rings (SSSR count). The van der Waals surface area contributed by atoms with Crippen LogP contribution in [0, 0.1) is 29.1 Å². The van der Waals surface area contributed by atoms with E-state index in [4.69, 9.17) is 18.0 Å². The Morgan fingerprint density at radius 1 is 1.07 bits per heavy atom. The van der Waals surface area contributed by atoms with Crippen LogP contribution in [0.5, 0.6) is 0 Å². The minimum atomic E-state index is 0.397. The molecular weight excluding hydrogens is 404 g/mol. The van der Waals surface area contributed by atoms with E-state index in [9.17, 15) is 0 Å². The summed E-state index contributed by atoms with van der Waals surface area (Å²) >= 11 is 8.20. The van der Waals surface area contributed by atoms with E-state index in [1.807, 2.05) is 0 Å². The van der Waals surface area contributed by atoms with E-state index in [0.29, 0.717) is 22.8 Å². The second kappa shape index (κ2) is 8.41. The van der Waals surface area contributed by atoms with Crippen molar-refractivity contribution in [3.8, 4) is 0 Å². The molecule has 1 aromatic rings. The molecule has 2 unspecified atom stereocenters. The van der Waals surface area contributed by atoms with Crippen LogP contribution in [0.3, 0.4) is 0 Å². The fraction of sp³-hybridized carbons (Fsp3) is 0.731. The summed E-state index contributed by atoms with van der Waals surface area (Å²) in [5, 5.41) is 3.87. The molecule has 0 amide bonds. The number of thioether (sulfide) groups is 1. The normalized spacial score (nSPS) is 42.3. The summed E-state index contributed by atoms with van der Waals surface area (Å²) in [4.78, 5) is 1.21. The first-order valence-corrected chi connectivity index (χ1v) is 13.9. The van der Waals surface area contributed by atoms with Crippen molar-refractivity contribution in [3.05, 3.63) is 35.9 Å². The Bertz CT molecular complexity index is 740. The Labute approximate surface area is 192 Å². The first-order chi connectivity index (χ1) is 14.6. The number of nitrogens with two attached hydrogens (primary N) is 1. The van der Waals surface area contributed by atoms with Crippen LogP contribution in [-0.4, -0.2) is 29.6 Å². The molecule has 0 radical (unpaired) electrons. The smallest absolute Gasteiger partial charge is 0.0792 e. The zero-order chi connectivity index (χ0) is 20.8. The molecular formula is C26H38N2S2. The van der Waals surface area contributed by atoms with E-state index in [0.717, 1.165) is 24.3 Å². The summed E-state index contributed by atoms with van der Waals surface area (Å²) in [6.45, 7) is 0.850. The van der Waals surface area contributed by atoms with E-state index in [1.54, 1.807) is 5.56 Å². The second-order valence-corrected chi connectivity index (χ2v) is 12.4. The van der Waals surface area contributed by atoms with Crippen LogP contribution in [0.1, 0.15) is 63.4 Å². The van der Waals surface area contributed by atoms with Crippen molar-refractivity contribution in [1.82, 2.24) is 5.32 Å². The third-order valence-corrected chi connectivity index (χ3v) is 10.4. The highest BCUT2D eigenvalue weighted by Crippen LogP contribution is 2.68. The largest absolute Gasteiger partial charge is 0.377 e. The summed E-state index contributed by atoms with van der Waals surface area (Å²) < 4.78 is 0. The number of hydrogen-bond donors (Lipinski definition) is 2. The predicted molar refractivity (Wildman–Crippen MR) is 133 cm³/mol. The fourth-order valence-corrected chi connectivity index (χ4v) is 9.70. The van der Waals surface area contributed by atoms with Crippen LogP contribution < -0.4 is 11.1 Å². The van der Waals surface area contributed by atoms with Gasteiger partial charge < -0.3 is 11.1 Å². The number of rotatable bonds is 6. The standard InChI is InChI=1S/C26H38N2S2/c1-30-17-25-11-19-13-26(16-25,21-5-3-2-4-6-21)14-20(12-25)23(19)24(29)28-22-9-7-18(15-27)8-10-22/h2-6,18-20,22-23H,7-17,27H2,1H3,(H,28,29)/t18-,19?,20?,22-,23?,25?,26?. The van der Waals surface area contributed by atoms with Crippen LogP contribution in [0.4, 0.5) is 0 Å². The molecule has 0 aliphatic heterocycles. The summed E-state index contributed by atoms with van der Waals surface area (Å²) in [5.41, 5.74) is 8.43. The van der Waals surface area contributed by atoms with Gasteiger partial charge in [0.1, 0.15) is 0 Å². The Kier molecular flexibility index (Phi) is 5.96. The van der Waals surface area contributed by atoms with Crippen molar-refractivity contribution in [3.63, 3.8) is 0 Å². The molecule has 3 N–H and O–H groups in total. The van der Waals surface area contributed by atoms with E-state index in [1.165, 1.54) is 68.5 Å². The topological polar surface area (TPSA) is 38.0 Å². The van der Waals surface area contributed by atoms with Gasteiger partial charge in [0.15, 0.2) is 0 Å². The minimum Gasteiger partial charge on any atom is -0.377 e. The maximum atomic E-state index is 6.13. The van der Waals surface area contributed by atoms with Gasteiger partial charge in [0.2, 0.25) is 0 Å². The van der Waals surface area contributed by atoms with Crippen LogP contribution in [0.15, 0.2) is 30.3 Å². The van der Waals surface area contributed by atoms with Gasteiger partial charge in [-0.05, 0) is 110 Å². The number of thiocarbonyl (C=S) groups is 1. The monoisotopic (exact) mass is 442 g/mol. The summed E-state index contributed by atoms with van der Waals surface area (Å²) in [5.74, 6) is 4.19. The van der Waals surface area contributed by atoms with Crippen LogP contribution in [-0.2, 0) is 5.41 Å². The average Bonchev–Trinajstić information content (AvgIpc) is 2.74. The molecule has 4 heteroatoms. The lowest BCUT2D eigenvalue weighted by Gasteiger charge is -2.65. The Hall–Kier alpha value is -0.580. The Morgan fingerprint density at radius 3 is 2.33 bits per heavy atom. The highest BCUT2D eigenvalue weighted by atomic mass is 32.2. The van der Waals surface area contributed by atoms with Gasteiger partial charge in [0, 0.05) is 12.0 Å².